The molecule has 1 heterocycles. The maximum absolute atomic E-state index is 17.2. The lowest BCUT2D eigenvalue weighted by molar-refractivity contribution is -0.126. The van der Waals surface area contributed by atoms with Gasteiger partial charge in [0.05, 0.1) is 32.9 Å². The Kier molecular flexibility index (Phi) is 23.1. The van der Waals surface area contributed by atoms with E-state index >= 15 is 8.78 Å². The number of ether oxygens (including phenoxy) is 3. The SMILES string of the molecule is COc1ccc(C(OC[C@H]2O[C@@H](c3cc(CNC(=O)CNC(=O)CC[C@@H](C)C4CC[C@@H]5C6CC[C@H]7CCCC[C@@]7(C)[C@@H]6CC[C@@]45C)c(F)cc3F)C(O[Si](C)(C)C(C)(C)C)[C@H]2OP(OCCCC#N)N(C(C)C)C(C)C)(c2ccccc2)c2ccccc2)cc1. The van der Waals surface area contributed by atoms with Crippen LogP contribution in [0.5, 0.6) is 5.75 Å². The number of hydrogen-bond acceptors (Lipinski definition) is 10. The molecule has 90 heavy (non-hydrogen) atoms. The summed E-state index contributed by atoms with van der Waals surface area (Å²) in [6, 6.07) is 32.1. The topological polar surface area (TPSA) is 141 Å². The van der Waals surface area contributed by atoms with Crippen LogP contribution in [0.4, 0.5) is 8.78 Å². The maximum Gasteiger partial charge on any atom is 0.259 e. The Bertz CT molecular complexity index is 3010. The summed E-state index contributed by atoms with van der Waals surface area (Å²) in [5.41, 5.74) is 2.14. The van der Waals surface area contributed by atoms with Gasteiger partial charge in [-0.15, -0.1) is 0 Å². The predicted octanol–water partition coefficient (Wildman–Crippen LogP) is 17.1. The molecule has 9 rings (SSSR count). The zero-order valence-corrected chi connectivity index (χ0v) is 58.2. The maximum atomic E-state index is 17.2. The largest absolute Gasteiger partial charge is 0.497 e. The lowest BCUT2D eigenvalue weighted by Gasteiger charge is -2.61. The summed E-state index contributed by atoms with van der Waals surface area (Å²) in [6.45, 7) is 26.1. The number of nitriles is 1. The molecule has 1 aliphatic heterocycles. The van der Waals surface area contributed by atoms with Crippen molar-refractivity contribution >= 4 is 28.7 Å². The minimum Gasteiger partial charge on any atom is -0.497 e. The van der Waals surface area contributed by atoms with Crippen LogP contribution in [0, 0.1) is 69.3 Å². The molecule has 1 saturated heterocycles. The number of carbonyl (C=O) groups excluding carboxylic acids is 2. The lowest BCUT2D eigenvalue weighted by atomic mass is 9.44. The van der Waals surface area contributed by atoms with Crippen molar-refractivity contribution in [3.63, 3.8) is 0 Å². The molecule has 5 aliphatic rings. The van der Waals surface area contributed by atoms with Gasteiger partial charge in [-0.1, -0.05) is 127 Å². The molecule has 0 spiro atoms. The fourth-order valence-electron chi connectivity index (χ4n) is 16.9. The van der Waals surface area contributed by atoms with Gasteiger partial charge in [0.25, 0.3) is 8.53 Å². The summed E-state index contributed by atoms with van der Waals surface area (Å²) >= 11 is 0. The number of halogens is 2. The fourth-order valence-corrected chi connectivity index (χ4v) is 20.0. The first-order valence-electron chi connectivity index (χ1n) is 33.9. The van der Waals surface area contributed by atoms with Crippen molar-refractivity contribution in [3.8, 4) is 11.8 Å². The first-order valence-corrected chi connectivity index (χ1v) is 37.9. The summed E-state index contributed by atoms with van der Waals surface area (Å²) in [5, 5.41) is 14.9. The Morgan fingerprint density at radius 3 is 2.08 bits per heavy atom. The third-order valence-corrected chi connectivity index (χ3v) is 29.1. The first-order chi connectivity index (χ1) is 42.9. The molecular weight excluding hydrogens is 1170 g/mol. The van der Waals surface area contributed by atoms with Gasteiger partial charge in [-0.3, -0.25) is 9.59 Å². The zero-order valence-electron chi connectivity index (χ0n) is 56.3. The molecule has 12 nitrogen and oxygen atoms in total. The normalized spacial score (nSPS) is 27.6. The second-order valence-corrected chi connectivity index (χ2v) is 35.7. The number of nitrogens with one attached hydrogen (secondary N) is 2. The van der Waals surface area contributed by atoms with E-state index in [1.807, 2.05) is 84.9 Å². The van der Waals surface area contributed by atoms with E-state index in [0.29, 0.717) is 47.7 Å². The Labute approximate surface area is 540 Å². The van der Waals surface area contributed by atoms with E-state index in [4.69, 9.17) is 27.7 Å². The van der Waals surface area contributed by atoms with E-state index in [1.165, 1.54) is 70.3 Å². The molecule has 4 aromatic rings. The third-order valence-electron chi connectivity index (χ3n) is 22.5. The van der Waals surface area contributed by atoms with Crippen molar-refractivity contribution in [1.82, 2.24) is 15.3 Å². The highest BCUT2D eigenvalue weighted by Gasteiger charge is 2.61. The summed E-state index contributed by atoms with van der Waals surface area (Å²) in [7, 11) is -3.09. The Morgan fingerprint density at radius 2 is 1.44 bits per heavy atom. The molecule has 2 amide bonds. The van der Waals surface area contributed by atoms with Gasteiger partial charge in [0, 0.05) is 48.7 Å². The summed E-state index contributed by atoms with van der Waals surface area (Å²) in [4.78, 5) is 27.1. The average molecular weight is 1280 g/mol. The molecule has 0 radical (unpaired) electrons. The van der Waals surface area contributed by atoms with Crippen molar-refractivity contribution in [2.45, 2.75) is 226 Å². The van der Waals surface area contributed by atoms with Gasteiger partial charge in [0.15, 0.2) is 8.32 Å². The Morgan fingerprint density at radius 1 is 0.789 bits per heavy atom. The molecule has 5 fully saturated rings. The number of fused-ring (bicyclic) bond motifs is 5. The molecule has 4 aromatic carbocycles. The van der Waals surface area contributed by atoms with Crippen molar-refractivity contribution < 1.29 is 46.1 Å². The molecule has 4 unspecified atom stereocenters. The summed E-state index contributed by atoms with van der Waals surface area (Å²) in [5.74, 6) is 2.62. The van der Waals surface area contributed by atoms with Crippen LogP contribution in [-0.4, -0.2) is 82.1 Å². The van der Waals surface area contributed by atoms with Gasteiger partial charge >= 0.3 is 0 Å². The van der Waals surface area contributed by atoms with E-state index in [2.05, 4.69) is 104 Å². The second kappa shape index (κ2) is 29.8. The van der Waals surface area contributed by atoms with Crippen LogP contribution in [0.15, 0.2) is 97.1 Å². The molecular formula is C74H105F2N4O8PSi. The molecule has 4 aliphatic carbocycles. The predicted molar refractivity (Wildman–Crippen MR) is 356 cm³/mol. The van der Waals surface area contributed by atoms with Gasteiger partial charge < -0.3 is 38.3 Å². The number of hydrogen-bond donors (Lipinski definition) is 2. The number of rotatable bonds is 27. The van der Waals surface area contributed by atoms with E-state index in [-0.39, 0.29) is 60.5 Å². The van der Waals surface area contributed by atoms with Crippen LogP contribution in [0.3, 0.4) is 0 Å². The van der Waals surface area contributed by atoms with Crippen LogP contribution < -0.4 is 15.4 Å². The fraction of sp³-hybridized carbons (Fsp3) is 0.635. The molecule has 16 heteroatoms. The van der Waals surface area contributed by atoms with Crippen LogP contribution in [-0.2, 0) is 44.7 Å². The van der Waals surface area contributed by atoms with Crippen molar-refractivity contribution in [3.05, 3.63) is 137 Å². The van der Waals surface area contributed by atoms with Gasteiger partial charge in [0.2, 0.25) is 11.8 Å². The highest BCUT2D eigenvalue weighted by molar-refractivity contribution is 7.44. The number of amides is 2. The Balaban J connectivity index is 0.964. The van der Waals surface area contributed by atoms with E-state index in [0.717, 1.165) is 52.8 Å². The van der Waals surface area contributed by atoms with Gasteiger partial charge in [0.1, 0.15) is 47.4 Å². The Hall–Kier alpha value is -4.62. The molecule has 13 atom stereocenters. The number of benzene rings is 4. The van der Waals surface area contributed by atoms with Crippen LogP contribution >= 0.6 is 8.53 Å². The van der Waals surface area contributed by atoms with Gasteiger partial charge in [-0.25, -0.2) is 13.5 Å². The first kappa shape index (κ1) is 69.7. The second-order valence-electron chi connectivity index (χ2n) is 29.5. The summed E-state index contributed by atoms with van der Waals surface area (Å²) < 4.78 is 77.7. The number of unbranched alkanes of at least 4 members (excludes halogenated alkanes) is 1. The van der Waals surface area contributed by atoms with Crippen LogP contribution in [0.25, 0.3) is 0 Å². The van der Waals surface area contributed by atoms with Crippen molar-refractivity contribution in [2.75, 3.05) is 26.9 Å². The minimum absolute atomic E-state index is 0.0284. The number of carbonyl (C=O) groups is 2. The molecule has 492 valence electrons. The molecule has 2 N–H and O–H groups in total. The lowest BCUT2D eigenvalue weighted by Crippen LogP contribution is -2.53. The molecule has 0 bridgehead atoms. The number of nitrogens with zero attached hydrogens (tertiary/aromatic N) is 2. The van der Waals surface area contributed by atoms with E-state index < -0.39 is 64.4 Å². The minimum atomic E-state index is -2.82. The van der Waals surface area contributed by atoms with E-state index in [1.54, 1.807) is 7.11 Å². The zero-order chi connectivity index (χ0) is 64.8. The standard InChI is InChI=1S/C74H105F2N4O8PSi/c1-49(2)80(50(3)4)89(85-43-23-22-42-77)87-69-65(48-84-74(54-25-16-14-17-26-54,55-27-18-15-19-28-55)56-30-33-57(83-11)34-31-56)86-68(70(69)88-90(12,13)71(6,7)8)59-44-52(63(75)45-64(59)76)46-78-67(82)47-79-66(81)38-29-51(5)60-36-37-61-58-35-32-53-24-20-21-40-72(53,9)62(58)39-41-73(60,61)10/h14-19,25-28,30-31,33-34,44-45,49-51,53,58,60-62,65,68-70H,20-24,29,32,35-41,43,46-48H2,1-13H3,(H,78,82)(H,79,81)/t51-,53-,58?,60?,61-,62-,65-,68+,69+,70?,72-,73+,89?/m1/s1. The number of methoxy groups -OCH3 is 1. The van der Waals surface area contributed by atoms with Crippen LogP contribution in [0.1, 0.15) is 193 Å². The van der Waals surface area contributed by atoms with E-state index in [9.17, 15) is 14.9 Å². The molecule has 4 saturated carbocycles. The van der Waals surface area contributed by atoms with Crippen molar-refractivity contribution in [2.24, 2.45) is 46.3 Å². The quantitative estimate of drug-likeness (QED) is 0.0257. The third kappa shape index (κ3) is 15.0. The monoisotopic (exact) mass is 1270 g/mol. The smallest absolute Gasteiger partial charge is 0.259 e. The van der Waals surface area contributed by atoms with Gasteiger partial charge in [-0.05, 0) is 191 Å². The van der Waals surface area contributed by atoms with Gasteiger partial charge in [-0.2, -0.15) is 5.26 Å². The average Bonchev–Trinajstić information content (AvgIpc) is 1.36. The summed E-state index contributed by atoms with van der Waals surface area (Å²) in [6.07, 6.45) is 11.3. The highest BCUT2D eigenvalue weighted by atomic mass is 31.2. The highest BCUT2D eigenvalue weighted by Crippen LogP contribution is 2.68. The van der Waals surface area contributed by atoms with Crippen LogP contribution in [0.2, 0.25) is 18.1 Å². The van der Waals surface area contributed by atoms with Crippen molar-refractivity contribution in [1.29, 1.82) is 5.26 Å². The molecule has 0 aromatic heterocycles.